The number of nitrogens with zero attached hydrogens (tertiary/aromatic N) is 5. The van der Waals surface area contributed by atoms with E-state index in [9.17, 15) is 4.79 Å². The van der Waals surface area contributed by atoms with Crippen LogP contribution in [0.15, 0.2) is 30.5 Å². The van der Waals surface area contributed by atoms with E-state index in [1.54, 1.807) is 22.3 Å². The number of carbonyl (C=O) groups is 1. The molecule has 0 fully saturated rings. The van der Waals surface area contributed by atoms with Crippen molar-refractivity contribution in [3.05, 3.63) is 41.7 Å². The normalized spacial score (nSPS) is 11.7. The molecule has 3 aromatic rings. The Hall–Kier alpha value is -2.25. The molecule has 1 aromatic carbocycles. The van der Waals surface area contributed by atoms with Crippen LogP contribution in [0.1, 0.15) is 42.9 Å². The zero-order valence-corrected chi connectivity index (χ0v) is 17.5. The van der Waals surface area contributed by atoms with Crippen molar-refractivity contribution in [2.24, 2.45) is 0 Å². The monoisotopic (exact) mass is 385 g/mol. The second kappa shape index (κ2) is 8.19. The first-order chi connectivity index (χ1) is 12.9. The highest BCUT2D eigenvalue weighted by molar-refractivity contribution is 7.22. The molecule has 0 atom stereocenters. The smallest absolute Gasteiger partial charge is 0.280 e. The Morgan fingerprint density at radius 1 is 1.22 bits per heavy atom. The Balaban J connectivity index is 1.98. The van der Waals surface area contributed by atoms with Gasteiger partial charge in [-0.25, -0.2) is 4.98 Å². The van der Waals surface area contributed by atoms with Crippen molar-refractivity contribution < 1.29 is 4.79 Å². The van der Waals surface area contributed by atoms with E-state index in [-0.39, 0.29) is 11.9 Å². The summed E-state index contributed by atoms with van der Waals surface area (Å²) in [6.07, 6.45) is 2.78. The van der Waals surface area contributed by atoms with E-state index in [4.69, 9.17) is 4.98 Å². The van der Waals surface area contributed by atoms with Crippen molar-refractivity contribution in [2.75, 3.05) is 32.1 Å². The molecule has 0 aliphatic heterocycles. The minimum absolute atomic E-state index is 0.103. The summed E-state index contributed by atoms with van der Waals surface area (Å²) >= 11 is 1.56. The first kappa shape index (κ1) is 19.5. The Labute approximate surface area is 164 Å². The molecule has 6 nitrogen and oxygen atoms in total. The number of carbonyl (C=O) groups excluding carboxylic acids is 1. The number of aromatic nitrogens is 3. The van der Waals surface area contributed by atoms with Crippen LogP contribution in [0.25, 0.3) is 10.2 Å². The van der Waals surface area contributed by atoms with Gasteiger partial charge in [-0.15, -0.1) is 0 Å². The van der Waals surface area contributed by atoms with Crippen LogP contribution in [0.4, 0.5) is 5.13 Å². The molecule has 1 amide bonds. The third-order valence-corrected chi connectivity index (χ3v) is 5.52. The molecule has 0 aliphatic rings. The van der Waals surface area contributed by atoms with Gasteiger partial charge in [-0.3, -0.25) is 14.4 Å². The lowest BCUT2D eigenvalue weighted by molar-refractivity contribution is 0.0979. The van der Waals surface area contributed by atoms with Gasteiger partial charge in [-0.05, 0) is 52.1 Å². The highest BCUT2D eigenvalue weighted by Crippen LogP contribution is 2.31. The van der Waals surface area contributed by atoms with E-state index in [2.05, 4.69) is 35.1 Å². The Bertz CT molecular complexity index is 927. The molecule has 2 heterocycles. The number of hydrogen-bond donors (Lipinski definition) is 0. The van der Waals surface area contributed by atoms with Gasteiger partial charge in [-0.2, -0.15) is 5.10 Å². The molecule has 2 aromatic heterocycles. The lowest BCUT2D eigenvalue weighted by atomic mass is 10.1. The molecule has 0 unspecified atom stereocenters. The summed E-state index contributed by atoms with van der Waals surface area (Å²) in [5.74, 6) is -0.103. The van der Waals surface area contributed by atoms with E-state index in [0.29, 0.717) is 12.2 Å². The number of amides is 1. The Morgan fingerprint density at radius 3 is 2.63 bits per heavy atom. The summed E-state index contributed by atoms with van der Waals surface area (Å²) < 4.78 is 2.92. The molecule has 0 saturated carbocycles. The first-order valence-corrected chi connectivity index (χ1v) is 10.1. The summed E-state index contributed by atoms with van der Waals surface area (Å²) in [5, 5.41) is 5.19. The second-order valence-electron chi connectivity index (χ2n) is 7.15. The van der Waals surface area contributed by atoms with E-state index in [0.717, 1.165) is 28.3 Å². The summed E-state index contributed by atoms with van der Waals surface area (Å²) in [6.45, 7) is 7.55. The van der Waals surface area contributed by atoms with Crippen molar-refractivity contribution in [1.82, 2.24) is 19.7 Å². The number of thiazole rings is 1. The van der Waals surface area contributed by atoms with Crippen molar-refractivity contribution >= 4 is 32.6 Å². The van der Waals surface area contributed by atoms with Crippen LogP contribution >= 0.6 is 11.3 Å². The Morgan fingerprint density at radius 2 is 2.00 bits per heavy atom. The maximum Gasteiger partial charge on any atom is 0.280 e. The molecular formula is C20H27N5OS. The molecule has 0 saturated heterocycles. The van der Waals surface area contributed by atoms with Gasteiger partial charge in [0.05, 0.1) is 10.2 Å². The molecule has 7 heteroatoms. The largest absolute Gasteiger partial charge is 0.308 e. The third kappa shape index (κ3) is 4.20. The molecule has 0 spiro atoms. The SMILES string of the molecule is CCc1cccc2sc(N(CCN(C)C)C(=O)c3ccn(C(C)C)n3)nc12. The van der Waals surface area contributed by atoms with Gasteiger partial charge in [-0.1, -0.05) is 30.4 Å². The third-order valence-electron chi connectivity index (χ3n) is 4.48. The van der Waals surface area contributed by atoms with Crippen LogP contribution in [-0.2, 0) is 6.42 Å². The molecular weight excluding hydrogens is 358 g/mol. The Kier molecular flexibility index (Phi) is 5.92. The predicted molar refractivity (Wildman–Crippen MR) is 112 cm³/mol. The van der Waals surface area contributed by atoms with E-state index < -0.39 is 0 Å². The van der Waals surface area contributed by atoms with Gasteiger partial charge >= 0.3 is 0 Å². The van der Waals surface area contributed by atoms with Crippen molar-refractivity contribution in [3.8, 4) is 0 Å². The summed E-state index contributed by atoms with van der Waals surface area (Å²) in [6, 6.07) is 8.23. The number of rotatable bonds is 7. The minimum atomic E-state index is -0.103. The number of aryl methyl sites for hydroxylation is 1. The van der Waals surface area contributed by atoms with Gasteiger partial charge in [0.15, 0.2) is 10.8 Å². The summed E-state index contributed by atoms with van der Waals surface area (Å²) in [7, 11) is 4.01. The molecule has 3 rings (SSSR count). The summed E-state index contributed by atoms with van der Waals surface area (Å²) in [4.78, 5) is 21.9. The van der Waals surface area contributed by atoms with Crippen molar-refractivity contribution in [1.29, 1.82) is 0 Å². The van der Waals surface area contributed by atoms with Crippen LogP contribution in [0, 0.1) is 0 Å². The van der Waals surface area contributed by atoms with Crippen molar-refractivity contribution in [3.63, 3.8) is 0 Å². The maximum absolute atomic E-state index is 13.2. The quantitative estimate of drug-likeness (QED) is 0.620. The molecule has 0 aliphatic carbocycles. The minimum Gasteiger partial charge on any atom is -0.308 e. The zero-order chi connectivity index (χ0) is 19.6. The van der Waals surface area contributed by atoms with Crippen molar-refractivity contribution in [2.45, 2.75) is 33.2 Å². The number of hydrogen-bond acceptors (Lipinski definition) is 5. The lowest BCUT2D eigenvalue weighted by Gasteiger charge is -2.21. The van der Waals surface area contributed by atoms with Gasteiger partial charge in [0.1, 0.15) is 0 Å². The van der Waals surface area contributed by atoms with Gasteiger partial charge in [0, 0.05) is 25.3 Å². The number of likely N-dealkylation sites (N-methyl/N-ethyl adjacent to an activating group) is 1. The zero-order valence-electron chi connectivity index (χ0n) is 16.6. The van der Waals surface area contributed by atoms with E-state index >= 15 is 0 Å². The fourth-order valence-electron chi connectivity index (χ4n) is 2.86. The fourth-order valence-corrected chi connectivity index (χ4v) is 3.89. The lowest BCUT2D eigenvalue weighted by Crippen LogP contribution is -2.37. The highest BCUT2D eigenvalue weighted by Gasteiger charge is 2.24. The topological polar surface area (TPSA) is 54.3 Å². The van der Waals surface area contributed by atoms with Gasteiger partial charge in [0.2, 0.25) is 0 Å². The molecule has 0 radical (unpaired) electrons. The molecule has 0 N–H and O–H groups in total. The predicted octanol–water partition coefficient (Wildman–Crippen LogP) is 3.84. The first-order valence-electron chi connectivity index (χ1n) is 9.31. The number of anilines is 1. The molecule has 144 valence electrons. The second-order valence-corrected chi connectivity index (χ2v) is 8.16. The van der Waals surface area contributed by atoms with Gasteiger partial charge in [0.25, 0.3) is 5.91 Å². The van der Waals surface area contributed by atoms with Crippen LogP contribution in [0.3, 0.4) is 0 Å². The fraction of sp³-hybridized carbons (Fsp3) is 0.450. The highest BCUT2D eigenvalue weighted by atomic mass is 32.1. The van der Waals surface area contributed by atoms with Crippen LogP contribution < -0.4 is 4.90 Å². The number of benzene rings is 1. The average Bonchev–Trinajstić information content (AvgIpc) is 3.28. The number of para-hydroxylation sites is 1. The summed E-state index contributed by atoms with van der Waals surface area (Å²) in [5.41, 5.74) is 2.66. The molecule has 27 heavy (non-hydrogen) atoms. The van der Waals surface area contributed by atoms with Gasteiger partial charge < -0.3 is 4.90 Å². The van der Waals surface area contributed by atoms with Crippen LogP contribution in [0.2, 0.25) is 0 Å². The standard InChI is InChI=1S/C20H27N5OS/c1-6-15-8-7-9-17-18(15)21-20(27-17)24(13-12-23(4)5)19(26)16-10-11-25(22-16)14(2)3/h7-11,14H,6,12-13H2,1-5H3. The van der Waals surface area contributed by atoms with Crippen LogP contribution in [0.5, 0.6) is 0 Å². The van der Waals surface area contributed by atoms with E-state index in [1.165, 1.54) is 5.56 Å². The molecule has 0 bridgehead atoms. The van der Waals surface area contributed by atoms with E-state index in [1.807, 2.05) is 38.8 Å². The van der Waals surface area contributed by atoms with Crippen LogP contribution in [-0.4, -0.2) is 52.8 Å². The average molecular weight is 386 g/mol. The number of fused-ring (bicyclic) bond motifs is 1. The maximum atomic E-state index is 13.2.